The molecular weight excluding hydrogens is 423 g/mol. The van der Waals surface area contributed by atoms with Crippen LogP contribution in [0.1, 0.15) is 55.2 Å². The van der Waals surface area contributed by atoms with E-state index < -0.39 is 0 Å². The van der Waals surface area contributed by atoms with E-state index in [9.17, 15) is 14.0 Å². The van der Waals surface area contributed by atoms with Crippen molar-refractivity contribution in [3.05, 3.63) is 47.5 Å². The minimum absolute atomic E-state index is 0.110. The summed E-state index contributed by atoms with van der Waals surface area (Å²) >= 11 is 0. The fraction of sp³-hybridized carbons (Fsp3) is 0.560. The van der Waals surface area contributed by atoms with Crippen LogP contribution in [0.4, 0.5) is 4.39 Å². The van der Waals surface area contributed by atoms with Crippen molar-refractivity contribution in [3.8, 4) is 5.75 Å². The molecule has 2 fully saturated rings. The maximum atomic E-state index is 13.3. The molecule has 178 valence electrons. The molecule has 1 aromatic carbocycles. The number of aromatic nitrogens is 2. The number of amides is 2. The third-order valence-corrected chi connectivity index (χ3v) is 6.70. The molecule has 1 aromatic heterocycles. The van der Waals surface area contributed by atoms with Gasteiger partial charge in [-0.3, -0.25) is 14.3 Å². The third-order valence-electron chi connectivity index (χ3n) is 6.70. The number of likely N-dealkylation sites (tertiary alicyclic amines) is 2. The number of carbonyl (C=O) groups is 2. The Labute approximate surface area is 194 Å². The lowest BCUT2D eigenvalue weighted by molar-refractivity contribution is -0.134. The van der Waals surface area contributed by atoms with Crippen LogP contribution in [0.15, 0.2) is 30.3 Å². The van der Waals surface area contributed by atoms with Gasteiger partial charge in [-0.2, -0.15) is 5.10 Å². The van der Waals surface area contributed by atoms with Crippen molar-refractivity contribution in [2.75, 3.05) is 26.2 Å². The first-order valence-electron chi connectivity index (χ1n) is 12.0. The standard InChI is InChI=1S/C25H33FN4O3/c1-3-30-18(2)15-22(27-30)25(32)29-14-11-23(33-21-9-7-20(26)8-10-21)19(17-29)16-24(31)28-12-5-4-6-13-28/h7-10,15,19,23H,3-6,11-14,16-17H2,1-2H3/t19-,23-/m0/s1. The van der Waals surface area contributed by atoms with Gasteiger partial charge in [-0.1, -0.05) is 0 Å². The van der Waals surface area contributed by atoms with Gasteiger partial charge in [0, 0.05) is 57.2 Å². The first-order chi connectivity index (χ1) is 15.9. The van der Waals surface area contributed by atoms with Gasteiger partial charge in [0.1, 0.15) is 17.7 Å². The first kappa shape index (κ1) is 23.3. The zero-order valence-corrected chi connectivity index (χ0v) is 19.5. The maximum absolute atomic E-state index is 13.3. The van der Waals surface area contributed by atoms with Crippen LogP contribution >= 0.6 is 0 Å². The number of hydrogen-bond donors (Lipinski definition) is 0. The molecule has 8 heteroatoms. The van der Waals surface area contributed by atoms with Gasteiger partial charge in [-0.15, -0.1) is 0 Å². The van der Waals surface area contributed by atoms with Crippen LogP contribution in [0.25, 0.3) is 0 Å². The molecule has 2 amide bonds. The number of aryl methyl sites for hydroxylation is 2. The van der Waals surface area contributed by atoms with Crippen molar-refractivity contribution in [3.63, 3.8) is 0 Å². The molecule has 0 bridgehead atoms. The number of ether oxygens (including phenoxy) is 1. The number of piperidine rings is 2. The smallest absolute Gasteiger partial charge is 0.274 e. The topological polar surface area (TPSA) is 67.7 Å². The second kappa shape index (κ2) is 10.4. The highest BCUT2D eigenvalue weighted by molar-refractivity contribution is 5.92. The molecule has 33 heavy (non-hydrogen) atoms. The normalized spacial score (nSPS) is 21.2. The Bertz CT molecular complexity index is 969. The van der Waals surface area contributed by atoms with Crippen molar-refractivity contribution < 1.29 is 18.7 Å². The predicted octanol–water partition coefficient (Wildman–Crippen LogP) is 3.66. The van der Waals surface area contributed by atoms with Gasteiger partial charge in [0.15, 0.2) is 5.69 Å². The van der Waals surface area contributed by atoms with E-state index in [-0.39, 0.29) is 29.7 Å². The Balaban J connectivity index is 1.49. The van der Waals surface area contributed by atoms with Crippen LogP contribution in [-0.4, -0.2) is 63.7 Å². The van der Waals surface area contributed by atoms with Crippen molar-refractivity contribution >= 4 is 11.8 Å². The maximum Gasteiger partial charge on any atom is 0.274 e. The van der Waals surface area contributed by atoms with E-state index in [2.05, 4.69) is 5.10 Å². The number of rotatable bonds is 6. The number of carbonyl (C=O) groups excluding carboxylic acids is 2. The van der Waals surface area contributed by atoms with Crippen LogP contribution < -0.4 is 4.74 Å². The largest absolute Gasteiger partial charge is 0.490 e. The summed E-state index contributed by atoms with van der Waals surface area (Å²) in [7, 11) is 0. The monoisotopic (exact) mass is 456 g/mol. The summed E-state index contributed by atoms with van der Waals surface area (Å²) in [5, 5.41) is 4.44. The number of nitrogens with zero attached hydrogens (tertiary/aromatic N) is 4. The minimum Gasteiger partial charge on any atom is -0.490 e. The molecule has 0 N–H and O–H groups in total. The highest BCUT2D eigenvalue weighted by Gasteiger charge is 2.36. The molecule has 2 atom stereocenters. The Morgan fingerprint density at radius 3 is 2.48 bits per heavy atom. The predicted molar refractivity (Wildman–Crippen MR) is 123 cm³/mol. The summed E-state index contributed by atoms with van der Waals surface area (Å²) in [5.41, 5.74) is 1.39. The van der Waals surface area contributed by atoms with Crippen molar-refractivity contribution in [1.82, 2.24) is 19.6 Å². The third kappa shape index (κ3) is 5.54. The zero-order valence-electron chi connectivity index (χ0n) is 19.5. The second-order valence-electron chi connectivity index (χ2n) is 9.04. The molecule has 0 saturated carbocycles. The Kier molecular flexibility index (Phi) is 7.30. The lowest BCUT2D eigenvalue weighted by Crippen LogP contribution is -2.50. The second-order valence-corrected chi connectivity index (χ2v) is 9.04. The van der Waals surface area contributed by atoms with Gasteiger partial charge >= 0.3 is 0 Å². The van der Waals surface area contributed by atoms with Gasteiger partial charge < -0.3 is 14.5 Å². The molecule has 7 nitrogen and oxygen atoms in total. The summed E-state index contributed by atoms with van der Waals surface area (Å²) in [6.45, 7) is 7.20. The highest BCUT2D eigenvalue weighted by Crippen LogP contribution is 2.28. The van der Waals surface area contributed by atoms with Gasteiger partial charge in [-0.25, -0.2) is 4.39 Å². The molecule has 0 spiro atoms. The molecule has 2 aliphatic heterocycles. The summed E-state index contributed by atoms with van der Waals surface area (Å²) in [6.07, 6.45) is 3.96. The van der Waals surface area contributed by atoms with Crippen LogP contribution in [0.5, 0.6) is 5.75 Å². The van der Waals surface area contributed by atoms with E-state index in [4.69, 9.17) is 4.74 Å². The van der Waals surface area contributed by atoms with Crippen molar-refractivity contribution in [1.29, 1.82) is 0 Å². The Morgan fingerprint density at radius 1 is 1.09 bits per heavy atom. The first-order valence-corrected chi connectivity index (χ1v) is 12.0. The molecule has 2 saturated heterocycles. The summed E-state index contributed by atoms with van der Waals surface area (Å²) in [4.78, 5) is 30.0. The van der Waals surface area contributed by atoms with Gasteiger partial charge in [0.2, 0.25) is 5.91 Å². The Hall–Kier alpha value is -2.90. The molecule has 0 aliphatic carbocycles. The van der Waals surface area contributed by atoms with Gasteiger partial charge in [-0.05, 0) is 63.4 Å². The summed E-state index contributed by atoms with van der Waals surface area (Å²) in [5.74, 6) is 0.126. The fourth-order valence-electron chi connectivity index (χ4n) is 4.83. The van der Waals surface area contributed by atoms with Crippen LogP contribution in [0, 0.1) is 18.7 Å². The van der Waals surface area contributed by atoms with E-state index >= 15 is 0 Å². The fourth-order valence-corrected chi connectivity index (χ4v) is 4.83. The highest BCUT2D eigenvalue weighted by atomic mass is 19.1. The van der Waals surface area contributed by atoms with E-state index in [1.54, 1.807) is 17.0 Å². The average molecular weight is 457 g/mol. The average Bonchev–Trinajstić information content (AvgIpc) is 3.22. The zero-order chi connectivity index (χ0) is 23.4. The van der Waals surface area contributed by atoms with Crippen LogP contribution in [-0.2, 0) is 11.3 Å². The van der Waals surface area contributed by atoms with Gasteiger partial charge in [0.25, 0.3) is 5.91 Å². The lowest BCUT2D eigenvalue weighted by Gasteiger charge is -2.39. The molecule has 3 heterocycles. The van der Waals surface area contributed by atoms with Crippen LogP contribution in [0.2, 0.25) is 0 Å². The van der Waals surface area contributed by atoms with E-state index in [1.165, 1.54) is 12.1 Å². The number of hydrogen-bond acceptors (Lipinski definition) is 4. The van der Waals surface area contributed by atoms with Crippen molar-refractivity contribution in [2.45, 2.75) is 58.6 Å². The summed E-state index contributed by atoms with van der Waals surface area (Å²) < 4.78 is 21.3. The molecule has 2 aliphatic rings. The molecule has 0 radical (unpaired) electrons. The minimum atomic E-state index is -0.318. The van der Waals surface area contributed by atoms with Crippen LogP contribution in [0.3, 0.4) is 0 Å². The molecular formula is C25H33FN4O3. The van der Waals surface area contributed by atoms with Crippen molar-refractivity contribution in [2.24, 2.45) is 5.92 Å². The van der Waals surface area contributed by atoms with E-state index in [1.807, 2.05) is 29.5 Å². The van der Waals surface area contributed by atoms with Gasteiger partial charge in [0.05, 0.1) is 0 Å². The van der Waals surface area contributed by atoms with E-state index in [0.717, 1.165) is 38.0 Å². The van der Waals surface area contributed by atoms with E-state index in [0.29, 0.717) is 43.9 Å². The molecule has 4 rings (SSSR count). The summed E-state index contributed by atoms with van der Waals surface area (Å²) in [6, 6.07) is 7.77. The number of benzene rings is 1. The molecule has 0 unspecified atom stereocenters. The lowest BCUT2D eigenvalue weighted by atomic mass is 9.90. The molecule has 2 aromatic rings. The SMILES string of the molecule is CCn1nc(C(=O)N2CC[C@H](Oc3ccc(F)cc3)[C@@H](CC(=O)N3CCCCC3)C2)cc1C. The Morgan fingerprint density at radius 2 is 1.82 bits per heavy atom. The quantitative estimate of drug-likeness (QED) is 0.665. The number of halogens is 1.